The lowest BCUT2D eigenvalue weighted by Gasteiger charge is -2.07. The Hall–Kier alpha value is -1.38. The molecule has 1 aliphatic heterocycles. The van der Waals surface area contributed by atoms with Gasteiger partial charge in [0.25, 0.3) is 0 Å². The Kier molecular flexibility index (Phi) is 4.13. The molecule has 1 aromatic rings. The van der Waals surface area contributed by atoms with E-state index in [9.17, 15) is 4.79 Å². The summed E-state index contributed by atoms with van der Waals surface area (Å²) in [7, 11) is 0. The van der Waals surface area contributed by atoms with Gasteiger partial charge in [-0.05, 0) is 43.3 Å². The van der Waals surface area contributed by atoms with Crippen LogP contribution in [0.15, 0.2) is 11.4 Å². The molecule has 0 radical (unpaired) electrons. The molecule has 0 saturated carbocycles. The van der Waals surface area contributed by atoms with Crippen LogP contribution < -0.4 is 10.6 Å². The van der Waals surface area contributed by atoms with Crippen molar-refractivity contribution in [3.63, 3.8) is 0 Å². The smallest absolute Gasteiger partial charge is 0.225 e. The lowest BCUT2D eigenvalue weighted by molar-refractivity contribution is -0.116. The van der Waals surface area contributed by atoms with E-state index in [-0.39, 0.29) is 5.91 Å². The average molecular weight is 249 g/mol. The van der Waals surface area contributed by atoms with Gasteiger partial charge in [0.1, 0.15) is 11.1 Å². The summed E-state index contributed by atoms with van der Waals surface area (Å²) < 4.78 is 0. The third-order valence-electron chi connectivity index (χ3n) is 2.98. The molecule has 5 heteroatoms. The standard InChI is InChI=1S/C12H15N3OS/c13-7-10-4-6-17-12(10)15-11(16)2-1-9-3-5-14-8-9/h4,6,9,14H,1-3,5,8H2,(H,15,16). The molecule has 0 spiro atoms. The van der Waals surface area contributed by atoms with Gasteiger partial charge < -0.3 is 10.6 Å². The van der Waals surface area contributed by atoms with Crippen LogP contribution in [0.3, 0.4) is 0 Å². The van der Waals surface area contributed by atoms with Gasteiger partial charge in [0.05, 0.1) is 5.56 Å². The first-order valence-electron chi connectivity index (χ1n) is 5.77. The summed E-state index contributed by atoms with van der Waals surface area (Å²) in [5, 5.41) is 17.4. The van der Waals surface area contributed by atoms with Crippen molar-refractivity contribution in [2.24, 2.45) is 5.92 Å². The SMILES string of the molecule is N#Cc1ccsc1NC(=O)CCC1CCNC1. The number of anilines is 1. The van der Waals surface area contributed by atoms with Crippen LogP contribution >= 0.6 is 11.3 Å². The Balaban J connectivity index is 1.79. The van der Waals surface area contributed by atoms with Crippen LogP contribution in [0, 0.1) is 17.2 Å². The van der Waals surface area contributed by atoms with Crippen molar-refractivity contribution in [3.05, 3.63) is 17.0 Å². The monoisotopic (exact) mass is 249 g/mol. The third-order valence-corrected chi connectivity index (χ3v) is 3.81. The van der Waals surface area contributed by atoms with Crippen molar-refractivity contribution in [1.82, 2.24) is 5.32 Å². The Morgan fingerprint density at radius 3 is 3.29 bits per heavy atom. The second-order valence-electron chi connectivity index (χ2n) is 4.22. The average Bonchev–Trinajstić information content (AvgIpc) is 2.97. The minimum Gasteiger partial charge on any atom is -0.317 e. The van der Waals surface area contributed by atoms with Gasteiger partial charge in [-0.1, -0.05) is 0 Å². The number of hydrogen-bond donors (Lipinski definition) is 2. The first-order valence-corrected chi connectivity index (χ1v) is 6.65. The zero-order chi connectivity index (χ0) is 12.1. The maximum Gasteiger partial charge on any atom is 0.225 e. The molecular formula is C12H15N3OS. The number of rotatable bonds is 4. The second kappa shape index (κ2) is 5.80. The van der Waals surface area contributed by atoms with Crippen LogP contribution in [0.4, 0.5) is 5.00 Å². The number of amides is 1. The van der Waals surface area contributed by atoms with Crippen LogP contribution in [0.25, 0.3) is 0 Å². The molecule has 90 valence electrons. The van der Waals surface area contributed by atoms with Crippen molar-refractivity contribution in [2.75, 3.05) is 18.4 Å². The summed E-state index contributed by atoms with van der Waals surface area (Å²) in [4.78, 5) is 11.7. The normalized spacial score (nSPS) is 18.9. The Labute approximate surface area is 105 Å². The minimum atomic E-state index is 0.0100. The summed E-state index contributed by atoms with van der Waals surface area (Å²) in [6.07, 6.45) is 2.62. The highest BCUT2D eigenvalue weighted by molar-refractivity contribution is 7.14. The zero-order valence-corrected chi connectivity index (χ0v) is 10.3. The van der Waals surface area contributed by atoms with Gasteiger partial charge in [0.15, 0.2) is 0 Å². The van der Waals surface area contributed by atoms with Crippen molar-refractivity contribution in [2.45, 2.75) is 19.3 Å². The van der Waals surface area contributed by atoms with Gasteiger partial charge in [-0.2, -0.15) is 5.26 Å². The highest BCUT2D eigenvalue weighted by Gasteiger charge is 2.16. The van der Waals surface area contributed by atoms with Crippen LogP contribution in [0.1, 0.15) is 24.8 Å². The predicted octanol–water partition coefficient (Wildman–Crippen LogP) is 1.95. The summed E-state index contributed by atoms with van der Waals surface area (Å²) in [5.74, 6) is 0.635. The molecule has 2 N–H and O–H groups in total. The van der Waals surface area contributed by atoms with Crippen molar-refractivity contribution < 1.29 is 4.79 Å². The summed E-state index contributed by atoms with van der Waals surface area (Å²) in [5.41, 5.74) is 0.547. The van der Waals surface area contributed by atoms with E-state index < -0.39 is 0 Å². The van der Waals surface area contributed by atoms with E-state index in [4.69, 9.17) is 5.26 Å². The molecule has 1 fully saturated rings. The van der Waals surface area contributed by atoms with Gasteiger partial charge >= 0.3 is 0 Å². The number of nitrogens with one attached hydrogen (secondary N) is 2. The van der Waals surface area contributed by atoms with Crippen molar-refractivity contribution in [1.29, 1.82) is 5.26 Å². The molecule has 0 aromatic carbocycles. The predicted molar refractivity (Wildman–Crippen MR) is 67.9 cm³/mol. The summed E-state index contributed by atoms with van der Waals surface area (Å²) >= 11 is 1.39. The first-order chi connectivity index (χ1) is 8.29. The van der Waals surface area contributed by atoms with E-state index in [2.05, 4.69) is 16.7 Å². The van der Waals surface area contributed by atoms with E-state index in [1.54, 1.807) is 6.07 Å². The molecule has 1 saturated heterocycles. The fraction of sp³-hybridized carbons (Fsp3) is 0.500. The topological polar surface area (TPSA) is 64.9 Å². The number of carbonyl (C=O) groups excluding carboxylic acids is 1. The van der Waals surface area contributed by atoms with Crippen LogP contribution in [-0.2, 0) is 4.79 Å². The fourth-order valence-corrected chi connectivity index (χ4v) is 2.73. The van der Waals surface area contributed by atoms with E-state index >= 15 is 0 Å². The summed E-state index contributed by atoms with van der Waals surface area (Å²) in [6, 6.07) is 3.79. The van der Waals surface area contributed by atoms with E-state index in [1.165, 1.54) is 11.3 Å². The minimum absolute atomic E-state index is 0.0100. The maximum absolute atomic E-state index is 11.7. The van der Waals surface area contributed by atoms with Gasteiger partial charge in [0, 0.05) is 6.42 Å². The Morgan fingerprint density at radius 2 is 2.59 bits per heavy atom. The Bertz CT molecular complexity index is 429. The number of carbonyl (C=O) groups is 1. The molecule has 1 unspecified atom stereocenters. The molecule has 2 heterocycles. The molecular weight excluding hydrogens is 234 g/mol. The number of nitrogens with zero attached hydrogens (tertiary/aromatic N) is 1. The van der Waals surface area contributed by atoms with Gasteiger partial charge in [-0.25, -0.2) is 0 Å². The lowest BCUT2D eigenvalue weighted by Crippen LogP contribution is -2.14. The molecule has 2 rings (SSSR count). The molecule has 17 heavy (non-hydrogen) atoms. The van der Waals surface area contributed by atoms with Gasteiger partial charge in [-0.15, -0.1) is 11.3 Å². The van der Waals surface area contributed by atoms with Crippen LogP contribution in [0.2, 0.25) is 0 Å². The summed E-state index contributed by atoms with van der Waals surface area (Å²) in [6.45, 7) is 2.09. The van der Waals surface area contributed by atoms with Gasteiger partial charge in [-0.3, -0.25) is 4.79 Å². The molecule has 0 bridgehead atoms. The second-order valence-corrected chi connectivity index (χ2v) is 5.14. The van der Waals surface area contributed by atoms with Gasteiger partial charge in [0.2, 0.25) is 5.91 Å². The molecule has 1 amide bonds. The largest absolute Gasteiger partial charge is 0.317 e. The van der Waals surface area contributed by atoms with Crippen LogP contribution in [-0.4, -0.2) is 19.0 Å². The highest BCUT2D eigenvalue weighted by atomic mass is 32.1. The molecule has 4 nitrogen and oxygen atoms in total. The zero-order valence-electron chi connectivity index (χ0n) is 9.53. The third kappa shape index (κ3) is 3.29. The van der Waals surface area contributed by atoms with Crippen molar-refractivity contribution in [3.8, 4) is 6.07 Å². The number of thiophene rings is 1. The van der Waals surface area contributed by atoms with Crippen molar-refractivity contribution >= 4 is 22.2 Å². The first kappa shape index (κ1) is 12.1. The number of hydrogen-bond acceptors (Lipinski definition) is 4. The van der Waals surface area contributed by atoms with Crippen LogP contribution in [0.5, 0.6) is 0 Å². The highest BCUT2D eigenvalue weighted by Crippen LogP contribution is 2.23. The van der Waals surface area contributed by atoms with E-state index in [0.29, 0.717) is 22.9 Å². The molecule has 1 aromatic heterocycles. The Morgan fingerprint density at radius 1 is 1.71 bits per heavy atom. The maximum atomic E-state index is 11.7. The fourth-order valence-electron chi connectivity index (χ4n) is 1.98. The lowest BCUT2D eigenvalue weighted by atomic mass is 10.0. The molecule has 1 aliphatic rings. The molecule has 1 atom stereocenters. The number of nitriles is 1. The quantitative estimate of drug-likeness (QED) is 0.857. The molecule has 0 aliphatic carbocycles. The van der Waals surface area contributed by atoms with E-state index in [1.807, 2.05) is 5.38 Å². The van der Waals surface area contributed by atoms with E-state index in [0.717, 1.165) is 25.9 Å².